The van der Waals surface area contributed by atoms with Crippen LogP contribution in [0.15, 0.2) is 18.2 Å². The second kappa shape index (κ2) is 5.80. The molecule has 0 spiro atoms. The molecule has 1 unspecified atom stereocenters. The predicted molar refractivity (Wildman–Crippen MR) is 61.4 cm³/mol. The van der Waals surface area contributed by atoms with Crippen molar-refractivity contribution in [2.45, 2.75) is 19.8 Å². The van der Waals surface area contributed by atoms with E-state index in [1.165, 1.54) is 0 Å². The van der Waals surface area contributed by atoms with Crippen LogP contribution in [-0.2, 0) is 22.4 Å². The number of hydrogen-bond donors (Lipinski definition) is 1. The summed E-state index contributed by atoms with van der Waals surface area (Å²) in [6.07, 6.45) is 1.21. The number of carbonyl (C=O) groups is 2. The topological polar surface area (TPSA) is 78.2 Å². The summed E-state index contributed by atoms with van der Waals surface area (Å²) in [6, 6.07) is 6.90. The van der Waals surface area contributed by atoms with E-state index >= 15 is 0 Å². The highest BCUT2D eigenvalue weighted by Crippen LogP contribution is 2.16. The number of carboxylic acids is 1. The molecule has 0 bridgehead atoms. The third-order valence-corrected chi connectivity index (χ3v) is 2.45. The molecule has 0 aliphatic rings. The van der Waals surface area contributed by atoms with Crippen LogP contribution in [0.5, 0.6) is 0 Å². The summed E-state index contributed by atoms with van der Waals surface area (Å²) in [7, 11) is 0. The Kier molecular flexibility index (Phi) is 4.41. The summed E-state index contributed by atoms with van der Waals surface area (Å²) in [4.78, 5) is 21.3. The summed E-state index contributed by atoms with van der Waals surface area (Å²) in [6.45, 7) is 1.77. The Labute approximate surface area is 99.5 Å². The monoisotopic (exact) mass is 231 g/mol. The molecule has 17 heavy (non-hydrogen) atoms. The van der Waals surface area contributed by atoms with Gasteiger partial charge in [0.15, 0.2) is 0 Å². The van der Waals surface area contributed by atoms with Crippen molar-refractivity contribution in [3.8, 4) is 6.07 Å². The van der Waals surface area contributed by atoms with Crippen LogP contribution in [0.1, 0.15) is 23.6 Å². The van der Waals surface area contributed by atoms with Crippen LogP contribution >= 0.6 is 0 Å². The summed E-state index contributed by atoms with van der Waals surface area (Å²) >= 11 is 0. The number of benzene rings is 1. The molecule has 0 amide bonds. The van der Waals surface area contributed by atoms with Gasteiger partial charge in [-0.2, -0.15) is 5.26 Å². The van der Waals surface area contributed by atoms with Crippen LogP contribution in [0.25, 0.3) is 0 Å². The van der Waals surface area contributed by atoms with Crippen molar-refractivity contribution in [1.29, 1.82) is 5.26 Å². The number of carbonyl (C=O) groups excluding carboxylic acids is 1. The third kappa shape index (κ3) is 3.72. The van der Waals surface area contributed by atoms with E-state index in [0.29, 0.717) is 17.5 Å². The Hall–Kier alpha value is -2.15. The zero-order valence-corrected chi connectivity index (χ0v) is 9.51. The first kappa shape index (κ1) is 12.9. The molecule has 1 N–H and O–H groups in total. The number of aliphatic carboxylic acids is 1. The van der Waals surface area contributed by atoms with E-state index in [1.807, 2.05) is 6.07 Å². The van der Waals surface area contributed by atoms with Crippen molar-refractivity contribution in [2.24, 2.45) is 5.92 Å². The maximum atomic E-state index is 10.7. The van der Waals surface area contributed by atoms with Gasteiger partial charge in [0.25, 0.3) is 0 Å². The van der Waals surface area contributed by atoms with Gasteiger partial charge in [0.05, 0.1) is 18.1 Å². The summed E-state index contributed by atoms with van der Waals surface area (Å²) in [5.74, 6) is -1.10. The van der Waals surface area contributed by atoms with Gasteiger partial charge in [-0.05, 0) is 29.7 Å². The smallest absolute Gasteiger partial charge is 0.307 e. The number of hydrogen-bond acceptors (Lipinski definition) is 3. The molecule has 1 atom stereocenters. The van der Waals surface area contributed by atoms with Crippen LogP contribution in [0, 0.1) is 17.2 Å². The number of aldehydes is 1. The van der Waals surface area contributed by atoms with Crippen molar-refractivity contribution < 1.29 is 14.7 Å². The Morgan fingerprint density at radius 3 is 2.76 bits per heavy atom. The second-order valence-corrected chi connectivity index (χ2v) is 3.98. The van der Waals surface area contributed by atoms with Gasteiger partial charge in [-0.1, -0.05) is 13.0 Å². The molecule has 0 saturated carbocycles. The lowest BCUT2D eigenvalue weighted by Gasteiger charge is -2.09. The first-order chi connectivity index (χ1) is 8.06. The van der Waals surface area contributed by atoms with Crippen molar-refractivity contribution in [2.75, 3.05) is 0 Å². The minimum absolute atomic E-state index is 0.129. The number of rotatable bonds is 5. The molecule has 0 aliphatic carbocycles. The average molecular weight is 231 g/mol. The SMILES string of the molecule is CC(C=O)Cc1ccc(C#N)cc1CC(=O)O. The van der Waals surface area contributed by atoms with Gasteiger partial charge in [-0.15, -0.1) is 0 Å². The van der Waals surface area contributed by atoms with E-state index in [0.717, 1.165) is 11.8 Å². The van der Waals surface area contributed by atoms with Gasteiger partial charge in [0, 0.05) is 5.92 Å². The fraction of sp³-hybridized carbons (Fsp3) is 0.308. The van der Waals surface area contributed by atoms with Crippen LogP contribution in [0.3, 0.4) is 0 Å². The summed E-state index contributed by atoms with van der Waals surface area (Å²) in [5.41, 5.74) is 1.85. The normalized spacial score (nSPS) is 11.5. The van der Waals surface area contributed by atoms with Crippen molar-refractivity contribution in [3.05, 3.63) is 34.9 Å². The number of nitriles is 1. The molecule has 1 aromatic carbocycles. The Morgan fingerprint density at radius 1 is 1.53 bits per heavy atom. The van der Waals surface area contributed by atoms with Crippen LogP contribution in [0.2, 0.25) is 0 Å². The first-order valence-corrected chi connectivity index (χ1v) is 5.25. The highest BCUT2D eigenvalue weighted by Gasteiger charge is 2.10. The Morgan fingerprint density at radius 2 is 2.24 bits per heavy atom. The van der Waals surface area contributed by atoms with E-state index in [2.05, 4.69) is 0 Å². The van der Waals surface area contributed by atoms with Gasteiger partial charge in [0.2, 0.25) is 0 Å². The molecule has 4 heteroatoms. The zero-order valence-electron chi connectivity index (χ0n) is 9.51. The van der Waals surface area contributed by atoms with Gasteiger partial charge in [-0.25, -0.2) is 0 Å². The van der Waals surface area contributed by atoms with Crippen LogP contribution < -0.4 is 0 Å². The van der Waals surface area contributed by atoms with Gasteiger partial charge in [-0.3, -0.25) is 4.79 Å². The van der Waals surface area contributed by atoms with Crippen molar-refractivity contribution in [3.63, 3.8) is 0 Å². The molecule has 0 saturated heterocycles. The Balaban J connectivity index is 3.06. The van der Waals surface area contributed by atoms with E-state index in [4.69, 9.17) is 10.4 Å². The molecule has 1 rings (SSSR count). The Bertz CT molecular complexity index is 474. The maximum absolute atomic E-state index is 10.7. The van der Waals surface area contributed by atoms with E-state index in [9.17, 15) is 9.59 Å². The molecule has 88 valence electrons. The summed E-state index contributed by atoms with van der Waals surface area (Å²) < 4.78 is 0. The molecule has 0 aromatic heterocycles. The second-order valence-electron chi connectivity index (χ2n) is 3.98. The standard InChI is InChI=1S/C13H13NO3/c1-9(8-15)4-11-3-2-10(7-14)5-12(11)6-13(16)17/h2-3,5,8-9H,4,6H2,1H3,(H,16,17). The van der Waals surface area contributed by atoms with Crippen molar-refractivity contribution in [1.82, 2.24) is 0 Å². The molecule has 0 fully saturated rings. The van der Waals surface area contributed by atoms with Gasteiger partial charge >= 0.3 is 5.97 Å². The van der Waals surface area contributed by atoms with Crippen LogP contribution in [-0.4, -0.2) is 17.4 Å². The van der Waals surface area contributed by atoms with E-state index < -0.39 is 5.97 Å². The summed E-state index contributed by atoms with van der Waals surface area (Å²) in [5, 5.41) is 17.6. The van der Waals surface area contributed by atoms with Gasteiger partial charge in [0.1, 0.15) is 6.29 Å². The quantitative estimate of drug-likeness (QED) is 0.780. The predicted octanol–water partition coefficient (Wildman–Crippen LogP) is 1.56. The number of nitrogens with zero attached hydrogens (tertiary/aromatic N) is 1. The minimum Gasteiger partial charge on any atom is -0.481 e. The maximum Gasteiger partial charge on any atom is 0.307 e. The van der Waals surface area contributed by atoms with Crippen molar-refractivity contribution >= 4 is 12.3 Å². The molecule has 1 aromatic rings. The fourth-order valence-corrected chi connectivity index (χ4v) is 1.62. The lowest BCUT2D eigenvalue weighted by molar-refractivity contribution is -0.136. The highest BCUT2D eigenvalue weighted by atomic mass is 16.4. The highest BCUT2D eigenvalue weighted by molar-refractivity contribution is 5.71. The first-order valence-electron chi connectivity index (χ1n) is 5.25. The molecule has 4 nitrogen and oxygen atoms in total. The van der Waals surface area contributed by atoms with E-state index in [1.54, 1.807) is 25.1 Å². The van der Waals surface area contributed by atoms with Crippen LogP contribution in [0.4, 0.5) is 0 Å². The van der Waals surface area contributed by atoms with E-state index in [-0.39, 0.29) is 12.3 Å². The molecule has 0 aliphatic heterocycles. The zero-order chi connectivity index (χ0) is 12.8. The molecular formula is C13H13NO3. The third-order valence-electron chi connectivity index (χ3n) is 2.45. The minimum atomic E-state index is -0.944. The lowest BCUT2D eigenvalue weighted by Crippen LogP contribution is -2.08. The average Bonchev–Trinajstić information content (AvgIpc) is 2.30. The number of carboxylic acid groups (broad SMARTS) is 1. The lowest BCUT2D eigenvalue weighted by atomic mass is 9.94. The fourth-order valence-electron chi connectivity index (χ4n) is 1.62. The molecular weight excluding hydrogens is 218 g/mol. The largest absolute Gasteiger partial charge is 0.481 e. The molecule has 0 radical (unpaired) electrons. The van der Waals surface area contributed by atoms with Gasteiger partial charge < -0.3 is 9.90 Å². The molecule has 0 heterocycles.